The lowest BCUT2D eigenvalue weighted by Gasteiger charge is -2.14. The van der Waals surface area contributed by atoms with Crippen molar-refractivity contribution in [3.8, 4) is 0 Å². The molecule has 0 aromatic heterocycles. The zero-order valence-electron chi connectivity index (χ0n) is 8.76. The minimum atomic E-state index is 0.937. The fourth-order valence-corrected chi connectivity index (χ4v) is 2.28. The highest BCUT2D eigenvalue weighted by molar-refractivity contribution is 4.89. The Morgan fingerprint density at radius 2 is 2.15 bits per heavy atom. The maximum Gasteiger partial charge on any atom is 0.00965 e. The molecule has 1 N–H and O–H groups in total. The van der Waals surface area contributed by atoms with Gasteiger partial charge in [-0.25, -0.2) is 0 Å². The second-order valence-corrected chi connectivity index (χ2v) is 4.58. The first-order valence-corrected chi connectivity index (χ1v) is 5.85. The minimum absolute atomic E-state index is 0.937. The summed E-state index contributed by atoms with van der Waals surface area (Å²) in [6, 6.07) is 0.983. The molecule has 1 aliphatic heterocycles. The maximum absolute atomic E-state index is 3.53. The van der Waals surface area contributed by atoms with Crippen molar-refractivity contribution < 1.29 is 0 Å². The smallest absolute Gasteiger partial charge is 0.00965 e. The van der Waals surface area contributed by atoms with E-state index in [4.69, 9.17) is 0 Å². The Bertz CT molecular complexity index is 154. The van der Waals surface area contributed by atoms with Crippen LogP contribution in [0.25, 0.3) is 0 Å². The van der Waals surface area contributed by atoms with E-state index in [1.54, 1.807) is 0 Å². The quantitative estimate of drug-likeness (QED) is 0.648. The van der Waals surface area contributed by atoms with Crippen LogP contribution in [0.3, 0.4) is 0 Å². The molecule has 2 aliphatic rings. The van der Waals surface area contributed by atoms with Gasteiger partial charge >= 0.3 is 0 Å². The van der Waals surface area contributed by atoms with E-state index in [1.807, 2.05) is 0 Å². The molecule has 1 unspecified atom stereocenters. The summed E-state index contributed by atoms with van der Waals surface area (Å²) in [5.74, 6) is 0.937. The lowest BCUT2D eigenvalue weighted by atomic mass is 10.1. The topological polar surface area (TPSA) is 15.3 Å². The van der Waals surface area contributed by atoms with Crippen LogP contribution in [0.2, 0.25) is 0 Å². The summed E-state index contributed by atoms with van der Waals surface area (Å²) in [5.41, 5.74) is 0. The summed E-state index contributed by atoms with van der Waals surface area (Å²) in [6.07, 6.45) is 5.62. The number of rotatable bonds is 5. The van der Waals surface area contributed by atoms with Crippen LogP contribution in [-0.4, -0.2) is 37.1 Å². The summed E-state index contributed by atoms with van der Waals surface area (Å²) in [7, 11) is 0. The minimum Gasteiger partial charge on any atom is -0.316 e. The number of hydrogen-bond acceptors (Lipinski definition) is 2. The molecule has 2 nitrogen and oxygen atoms in total. The van der Waals surface area contributed by atoms with Crippen LogP contribution in [0.15, 0.2) is 0 Å². The van der Waals surface area contributed by atoms with Crippen molar-refractivity contribution in [2.45, 2.75) is 38.6 Å². The molecule has 1 saturated heterocycles. The number of likely N-dealkylation sites (tertiary alicyclic amines) is 1. The van der Waals surface area contributed by atoms with Gasteiger partial charge in [-0.05, 0) is 51.2 Å². The van der Waals surface area contributed by atoms with Crippen LogP contribution in [0, 0.1) is 5.92 Å². The van der Waals surface area contributed by atoms with Crippen molar-refractivity contribution in [2.24, 2.45) is 5.92 Å². The third kappa shape index (κ3) is 2.68. The van der Waals surface area contributed by atoms with Gasteiger partial charge in [0.1, 0.15) is 0 Å². The molecule has 0 aromatic rings. The van der Waals surface area contributed by atoms with Gasteiger partial charge in [-0.2, -0.15) is 0 Å². The Morgan fingerprint density at radius 3 is 2.85 bits per heavy atom. The standard InChI is InChI=1S/C11H22N2/c1-2-6-12-8-10-5-7-13(9-10)11-3-4-11/h10-12H,2-9H2,1H3. The van der Waals surface area contributed by atoms with Gasteiger partial charge in [0.2, 0.25) is 0 Å². The van der Waals surface area contributed by atoms with Crippen molar-refractivity contribution in [3.05, 3.63) is 0 Å². The molecule has 0 bridgehead atoms. The van der Waals surface area contributed by atoms with E-state index < -0.39 is 0 Å². The van der Waals surface area contributed by atoms with E-state index in [-0.39, 0.29) is 0 Å². The zero-order valence-corrected chi connectivity index (χ0v) is 8.76. The fraction of sp³-hybridized carbons (Fsp3) is 1.00. The van der Waals surface area contributed by atoms with Gasteiger partial charge < -0.3 is 10.2 Å². The van der Waals surface area contributed by atoms with E-state index in [0.717, 1.165) is 12.0 Å². The highest BCUT2D eigenvalue weighted by atomic mass is 15.2. The molecule has 1 saturated carbocycles. The van der Waals surface area contributed by atoms with Gasteiger partial charge in [-0.3, -0.25) is 0 Å². The Kier molecular flexibility index (Phi) is 3.23. The van der Waals surface area contributed by atoms with Crippen LogP contribution < -0.4 is 5.32 Å². The number of nitrogens with zero attached hydrogens (tertiary/aromatic N) is 1. The first kappa shape index (κ1) is 9.47. The second-order valence-electron chi connectivity index (χ2n) is 4.58. The Morgan fingerprint density at radius 1 is 1.31 bits per heavy atom. The lowest BCUT2D eigenvalue weighted by Crippen LogP contribution is -2.27. The third-order valence-corrected chi connectivity index (χ3v) is 3.24. The van der Waals surface area contributed by atoms with Gasteiger partial charge in [0.25, 0.3) is 0 Å². The summed E-state index contributed by atoms with van der Waals surface area (Å²) in [6.45, 7) is 7.40. The molecular formula is C11H22N2. The molecule has 2 rings (SSSR count). The molecule has 1 heterocycles. The van der Waals surface area contributed by atoms with E-state index >= 15 is 0 Å². The van der Waals surface area contributed by atoms with Crippen molar-refractivity contribution in [1.29, 1.82) is 0 Å². The molecule has 1 atom stereocenters. The highest BCUT2D eigenvalue weighted by Crippen LogP contribution is 2.31. The second kappa shape index (κ2) is 4.43. The lowest BCUT2D eigenvalue weighted by molar-refractivity contribution is 0.312. The molecule has 0 amide bonds. The molecule has 2 heteroatoms. The van der Waals surface area contributed by atoms with Gasteiger partial charge in [0, 0.05) is 12.6 Å². The highest BCUT2D eigenvalue weighted by Gasteiger charge is 2.33. The largest absolute Gasteiger partial charge is 0.316 e. The first-order valence-electron chi connectivity index (χ1n) is 5.85. The average molecular weight is 182 g/mol. The first-order chi connectivity index (χ1) is 6.40. The van der Waals surface area contributed by atoms with Gasteiger partial charge in [-0.1, -0.05) is 6.92 Å². The van der Waals surface area contributed by atoms with E-state index in [1.165, 1.54) is 51.9 Å². The van der Waals surface area contributed by atoms with Crippen molar-refractivity contribution in [1.82, 2.24) is 10.2 Å². The summed E-state index contributed by atoms with van der Waals surface area (Å²) < 4.78 is 0. The molecular weight excluding hydrogens is 160 g/mol. The predicted octanol–water partition coefficient (Wildman–Crippen LogP) is 1.47. The van der Waals surface area contributed by atoms with Gasteiger partial charge in [0.15, 0.2) is 0 Å². The van der Waals surface area contributed by atoms with Crippen LogP contribution in [0.1, 0.15) is 32.6 Å². The summed E-state index contributed by atoms with van der Waals surface area (Å²) in [5, 5.41) is 3.53. The van der Waals surface area contributed by atoms with Crippen LogP contribution in [0.4, 0.5) is 0 Å². The Hall–Kier alpha value is -0.0800. The molecule has 0 radical (unpaired) electrons. The van der Waals surface area contributed by atoms with Gasteiger partial charge in [0.05, 0.1) is 0 Å². The molecule has 0 aromatic carbocycles. The molecule has 76 valence electrons. The molecule has 0 spiro atoms. The van der Waals surface area contributed by atoms with Crippen molar-refractivity contribution >= 4 is 0 Å². The fourth-order valence-electron chi connectivity index (χ4n) is 2.28. The van der Waals surface area contributed by atoms with E-state index in [0.29, 0.717) is 0 Å². The van der Waals surface area contributed by atoms with Crippen molar-refractivity contribution in [3.63, 3.8) is 0 Å². The summed E-state index contributed by atoms with van der Waals surface area (Å²) >= 11 is 0. The zero-order chi connectivity index (χ0) is 9.10. The molecule has 13 heavy (non-hydrogen) atoms. The number of hydrogen-bond donors (Lipinski definition) is 1. The Balaban J connectivity index is 1.60. The van der Waals surface area contributed by atoms with E-state index in [9.17, 15) is 0 Å². The maximum atomic E-state index is 3.53. The molecule has 2 fully saturated rings. The van der Waals surface area contributed by atoms with Crippen LogP contribution in [-0.2, 0) is 0 Å². The normalized spacial score (nSPS) is 29.8. The predicted molar refractivity (Wildman–Crippen MR) is 55.9 cm³/mol. The van der Waals surface area contributed by atoms with Crippen molar-refractivity contribution in [2.75, 3.05) is 26.2 Å². The summed E-state index contributed by atoms with van der Waals surface area (Å²) in [4.78, 5) is 2.69. The Labute approximate surface area is 81.7 Å². The average Bonchev–Trinajstić information content (AvgIpc) is 2.88. The van der Waals surface area contributed by atoms with Crippen LogP contribution in [0.5, 0.6) is 0 Å². The third-order valence-electron chi connectivity index (χ3n) is 3.24. The SMILES string of the molecule is CCCNCC1CCN(C2CC2)C1. The van der Waals surface area contributed by atoms with Gasteiger partial charge in [-0.15, -0.1) is 0 Å². The van der Waals surface area contributed by atoms with Crippen LogP contribution >= 0.6 is 0 Å². The monoisotopic (exact) mass is 182 g/mol. The van der Waals surface area contributed by atoms with E-state index in [2.05, 4.69) is 17.1 Å². The molecule has 1 aliphatic carbocycles. The number of nitrogens with one attached hydrogen (secondary N) is 1.